The van der Waals surface area contributed by atoms with E-state index in [1.165, 1.54) is 31.4 Å². The first-order valence-electron chi connectivity index (χ1n) is 16.1. The van der Waals surface area contributed by atoms with Crippen LogP contribution in [0.1, 0.15) is 120 Å². The van der Waals surface area contributed by atoms with E-state index < -0.39 is 0 Å². The van der Waals surface area contributed by atoms with Gasteiger partial charge in [-0.15, -0.1) is 0 Å². The topological polar surface area (TPSA) is 47.6 Å². The Morgan fingerprint density at radius 2 is 1.43 bits per heavy atom. The smallest absolute Gasteiger partial charge is 0.255 e. The van der Waals surface area contributed by atoms with Crippen LogP contribution in [0.5, 0.6) is 11.5 Å². The number of benzene rings is 3. The van der Waals surface area contributed by atoms with E-state index in [-0.39, 0.29) is 23.9 Å². The molecule has 1 aliphatic rings. The molecule has 0 bridgehead atoms. The summed E-state index contributed by atoms with van der Waals surface area (Å²) in [5, 5.41) is 3.11. The summed E-state index contributed by atoms with van der Waals surface area (Å²) in [5.41, 5.74) is 4.13. The molecule has 4 nitrogen and oxygen atoms in total. The van der Waals surface area contributed by atoms with Crippen LogP contribution in [0.3, 0.4) is 0 Å². The number of anilines is 1. The van der Waals surface area contributed by atoms with Gasteiger partial charge in [-0.1, -0.05) is 71.9 Å². The van der Waals surface area contributed by atoms with Crippen molar-refractivity contribution in [3.8, 4) is 22.6 Å². The molecular weight excluding hydrogens is 525 g/mol. The van der Waals surface area contributed by atoms with Gasteiger partial charge in [-0.2, -0.15) is 0 Å². The standard InChI is InChI=1S/C37H48FNO3/c1-5-12-31(7-3)41-35-22-18-28(24-33(35)26-14-10-9-11-15-26)37(40)39-30-21-23-36(42-32(8-4)13-6-2)34(25-30)27-16-19-29(38)20-17-27/h16-26,31-32H,5-15H2,1-4H3,(H,39,40)/t31-,32-/m1/s1. The monoisotopic (exact) mass is 573 g/mol. The molecule has 0 radical (unpaired) electrons. The van der Waals surface area contributed by atoms with Crippen molar-refractivity contribution in [2.75, 3.05) is 5.32 Å². The van der Waals surface area contributed by atoms with Crippen LogP contribution in [0.4, 0.5) is 10.1 Å². The minimum Gasteiger partial charge on any atom is -0.490 e. The second kappa shape index (κ2) is 15.8. The molecule has 0 unspecified atom stereocenters. The van der Waals surface area contributed by atoms with Gasteiger partial charge in [-0.25, -0.2) is 4.39 Å². The lowest BCUT2D eigenvalue weighted by atomic mass is 9.83. The lowest BCUT2D eigenvalue weighted by Crippen LogP contribution is -2.18. The van der Waals surface area contributed by atoms with E-state index in [0.29, 0.717) is 17.2 Å². The van der Waals surface area contributed by atoms with E-state index in [2.05, 4.69) is 33.0 Å². The number of hydrogen-bond donors (Lipinski definition) is 1. The highest BCUT2D eigenvalue weighted by atomic mass is 19.1. The lowest BCUT2D eigenvalue weighted by molar-refractivity contribution is 0.102. The van der Waals surface area contributed by atoms with Gasteiger partial charge in [0, 0.05) is 16.8 Å². The second-order valence-electron chi connectivity index (χ2n) is 11.6. The first-order chi connectivity index (χ1) is 20.4. The van der Waals surface area contributed by atoms with Crippen molar-refractivity contribution in [1.29, 1.82) is 0 Å². The molecule has 3 aromatic rings. The van der Waals surface area contributed by atoms with Crippen LogP contribution in [-0.4, -0.2) is 18.1 Å². The minimum absolute atomic E-state index is 0.0956. The van der Waals surface area contributed by atoms with Crippen molar-refractivity contribution in [2.45, 2.75) is 116 Å². The maximum atomic E-state index is 13.7. The van der Waals surface area contributed by atoms with Crippen LogP contribution in [0.2, 0.25) is 0 Å². The van der Waals surface area contributed by atoms with Gasteiger partial charge in [-0.05, 0) is 104 Å². The molecule has 1 aliphatic carbocycles. The molecule has 4 rings (SSSR count). The van der Waals surface area contributed by atoms with E-state index in [1.807, 2.05) is 36.4 Å². The summed E-state index contributed by atoms with van der Waals surface area (Å²) in [6, 6.07) is 18.1. The van der Waals surface area contributed by atoms with Crippen LogP contribution in [0.25, 0.3) is 11.1 Å². The molecule has 0 spiro atoms. The van der Waals surface area contributed by atoms with Crippen molar-refractivity contribution in [1.82, 2.24) is 0 Å². The van der Waals surface area contributed by atoms with Gasteiger partial charge >= 0.3 is 0 Å². The van der Waals surface area contributed by atoms with Gasteiger partial charge in [0.2, 0.25) is 0 Å². The number of nitrogens with one attached hydrogen (secondary N) is 1. The summed E-state index contributed by atoms with van der Waals surface area (Å²) < 4.78 is 26.6. The van der Waals surface area contributed by atoms with Crippen molar-refractivity contribution >= 4 is 11.6 Å². The molecule has 2 atom stereocenters. The average molecular weight is 574 g/mol. The first-order valence-corrected chi connectivity index (χ1v) is 16.1. The second-order valence-corrected chi connectivity index (χ2v) is 11.6. The Morgan fingerprint density at radius 3 is 2.05 bits per heavy atom. The third kappa shape index (κ3) is 8.36. The summed E-state index contributed by atoms with van der Waals surface area (Å²) >= 11 is 0. The molecule has 42 heavy (non-hydrogen) atoms. The molecule has 3 aromatic carbocycles. The van der Waals surface area contributed by atoms with Crippen LogP contribution >= 0.6 is 0 Å². The summed E-state index contributed by atoms with van der Waals surface area (Å²) in [6.07, 6.45) is 12.2. The molecule has 1 amide bonds. The Bertz CT molecular complexity index is 1280. The number of amides is 1. The van der Waals surface area contributed by atoms with Crippen molar-refractivity contribution < 1.29 is 18.7 Å². The number of halogens is 1. The number of carbonyl (C=O) groups is 1. The summed E-state index contributed by atoms with van der Waals surface area (Å²) in [7, 11) is 0. The Morgan fingerprint density at radius 1 is 0.810 bits per heavy atom. The molecule has 0 heterocycles. The van der Waals surface area contributed by atoms with Crippen LogP contribution in [0, 0.1) is 5.82 Å². The zero-order valence-corrected chi connectivity index (χ0v) is 25.9. The molecule has 226 valence electrons. The van der Waals surface area contributed by atoms with Gasteiger partial charge in [0.05, 0.1) is 12.2 Å². The Labute approximate surface area is 252 Å². The summed E-state index contributed by atoms with van der Waals surface area (Å²) in [5.74, 6) is 1.63. The zero-order valence-electron chi connectivity index (χ0n) is 25.9. The lowest BCUT2D eigenvalue weighted by Gasteiger charge is -2.27. The highest BCUT2D eigenvalue weighted by Crippen LogP contribution is 2.39. The van der Waals surface area contributed by atoms with E-state index in [1.54, 1.807) is 12.1 Å². The predicted octanol–water partition coefficient (Wildman–Crippen LogP) is 10.7. The van der Waals surface area contributed by atoms with Gasteiger partial charge in [0.25, 0.3) is 5.91 Å². The Kier molecular flexibility index (Phi) is 11.9. The maximum absolute atomic E-state index is 13.7. The molecule has 1 saturated carbocycles. The third-order valence-corrected chi connectivity index (χ3v) is 8.43. The molecule has 0 saturated heterocycles. The van der Waals surface area contributed by atoms with Gasteiger partial charge in [-0.3, -0.25) is 4.79 Å². The van der Waals surface area contributed by atoms with Crippen LogP contribution in [-0.2, 0) is 0 Å². The Hall–Kier alpha value is -3.34. The van der Waals surface area contributed by atoms with E-state index >= 15 is 0 Å². The molecule has 0 aliphatic heterocycles. The fourth-order valence-electron chi connectivity index (χ4n) is 5.99. The molecule has 1 N–H and O–H groups in total. The van der Waals surface area contributed by atoms with Gasteiger partial charge < -0.3 is 14.8 Å². The zero-order chi connectivity index (χ0) is 29.9. The summed E-state index contributed by atoms with van der Waals surface area (Å²) in [4.78, 5) is 13.6. The number of carbonyl (C=O) groups excluding carboxylic acids is 1. The number of ether oxygens (including phenoxy) is 2. The van der Waals surface area contributed by atoms with Gasteiger partial charge in [0.15, 0.2) is 0 Å². The van der Waals surface area contributed by atoms with E-state index in [4.69, 9.17) is 9.47 Å². The predicted molar refractivity (Wildman–Crippen MR) is 171 cm³/mol. The molecule has 1 fully saturated rings. The number of hydrogen-bond acceptors (Lipinski definition) is 3. The highest BCUT2D eigenvalue weighted by molar-refractivity contribution is 6.05. The fourth-order valence-corrected chi connectivity index (χ4v) is 5.99. The largest absolute Gasteiger partial charge is 0.490 e. The SMILES string of the molecule is CCC[C@@H](CC)Oc1ccc(NC(=O)c2ccc(O[C@H](CC)CCC)c(C3CCCCC3)c2)cc1-c1ccc(F)cc1. The normalized spacial score (nSPS) is 15.2. The number of rotatable bonds is 14. The third-order valence-electron chi connectivity index (χ3n) is 8.43. The summed E-state index contributed by atoms with van der Waals surface area (Å²) in [6.45, 7) is 8.63. The van der Waals surface area contributed by atoms with Crippen LogP contribution < -0.4 is 14.8 Å². The quantitative estimate of drug-likeness (QED) is 0.209. The van der Waals surface area contributed by atoms with E-state index in [0.717, 1.165) is 79.6 Å². The highest BCUT2D eigenvalue weighted by Gasteiger charge is 2.23. The Balaban J connectivity index is 1.62. The maximum Gasteiger partial charge on any atom is 0.255 e. The molecular formula is C37H48FNO3. The van der Waals surface area contributed by atoms with Crippen molar-refractivity contribution in [3.63, 3.8) is 0 Å². The van der Waals surface area contributed by atoms with E-state index in [9.17, 15) is 9.18 Å². The fraction of sp³-hybridized carbons (Fsp3) is 0.486. The molecule has 0 aromatic heterocycles. The molecule has 5 heteroatoms. The first kappa shape index (κ1) is 31.6. The van der Waals surface area contributed by atoms with Crippen LogP contribution in [0.15, 0.2) is 60.7 Å². The van der Waals surface area contributed by atoms with Crippen molar-refractivity contribution in [3.05, 3.63) is 77.6 Å². The van der Waals surface area contributed by atoms with Gasteiger partial charge in [0.1, 0.15) is 17.3 Å². The minimum atomic E-state index is -0.288. The average Bonchev–Trinajstić information content (AvgIpc) is 3.02. The van der Waals surface area contributed by atoms with Crippen molar-refractivity contribution in [2.24, 2.45) is 0 Å².